The molecule has 0 aromatic heterocycles. The summed E-state index contributed by atoms with van der Waals surface area (Å²) in [7, 11) is 0. The van der Waals surface area contributed by atoms with E-state index in [9.17, 15) is 4.79 Å². The molecule has 0 unspecified atom stereocenters. The SMILES string of the molecule is O=C(CCBr)c1cc(CCl)ccc1Br. The molecular formula is C10H9Br2ClO. The first-order valence-electron chi connectivity index (χ1n) is 4.12. The number of alkyl halides is 2. The van der Waals surface area contributed by atoms with E-state index in [1.54, 1.807) is 0 Å². The predicted octanol–water partition coefficient (Wildman–Crippen LogP) is 4.16. The number of benzene rings is 1. The molecular weight excluding hydrogens is 331 g/mol. The van der Waals surface area contributed by atoms with E-state index >= 15 is 0 Å². The van der Waals surface area contributed by atoms with E-state index in [1.807, 2.05) is 18.2 Å². The second-order valence-corrected chi connectivity index (χ2v) is 4.72. The maximum absolute atomic E-state index is 11.6. The molecule has 0 fully saturated rings. The zero-order valence-electron chi connectivity index (χ0n) is 7.40. The molecule has 0 saturated heterocycles. The lowest BCUT2D eigenvalue weighted by molar-refractivity contribution is 0.0989. The van der Waals surface area contributed by atoms with Crippen LogP contribution in [0.5, 0.6) is 0 Å². The minimum absolute atomic E-state index is 0.126. The highest BCUT2D eigenvalue weighted by Crippen LogP contribution is 2.21. The van der Waals surface area contributed by atoms with Crippen molar-refractivity contribution < 1.29 is 4.79 Å². The zero-order valence-corrected chi connectivity index (χ0v) is 11.3. The average Bonchev–Trinajstić information content (AvgIpc) is 2.19. The molecule has 1 rings (SSSR count). The van der Waals surface area contributed by atoms with Gasteiger partial charge in [0.2, 0.25) is 0 Å². The van der Waals surface area contributed by atoms with Crippen molar-refractivity contribution in [2.75, 3.05) is 5.33 Å². The minimum atomic E-state index is 0.126. The third kappa shape index (κ3) is 3.07. The summed E-state index contributed by atoms with van der Waals surface area (Å²) in [5.41, 5.74) is 1.68. The number of carbonyl (C=O) groups is 1. The van der Waals surface area contributed by atoms with Crippen LogP contribution in [0.4, 0.5) is 0 Å². The Kier molecular flexibility index (Phi) is 5.13. The molecule has 0 N–H and O–H groups in total. The standard InChI is InChI=1S/C10H9Br2ClO/c11-4-3-10(14)8-5-7(6-13)1-2-9(8)12/h1-2,5H,3-4,6H2. The first-order chi connectivity index (χ1) is 6.69. The van der Waals surface area contributed by atoms with Gasteiger partial charge in [-0.2, -0.15) is 0 Å². The van der Waals surface area contributed by atoms with Gasteiger partial charge in [-0.05, 0) is 17.7 Å². The molecule has 0 bridgehead atoms. The highest BCUT2D eigenvalue weighted by molar-refractivity contribution is 9.10. The smallest absolute Gasteiger partial charge is 0.164 e. The fourth-order valence-corrected chi connectivity index (χ4v) is 2.08. The normalized spacial score (nSPS) is 10.2. The van der Waals surface area contributed by atoms with Crippen LogP contribution in [0.15, 0.2) is 22.7 Å². The predicted molar refractivity (Wildman–Crippen MR) is 66.4 cm³/mol. The van der Waals surface area contributed by atoms with Crippen LogP contribution in [0, 0.1) is 0 Å². The highest BCUT2D eigenvalue weighted by Gasteiger charge is 2.09. The van der Waals surface area contributed by atoms with Gasteiger partial charge in [0.05, 0.1) is 0 Å². The fraction of sp³-hybridized carbons (Fsp3) is 0.300. The summed E-state index contributed by atoms with van der Waals surface area (Å²) in [5, 5.41) is 0.684. The Morgan fingerprint density at radius 3 is 2.71 bits per heavy atom. The molecule has 14 heavy (non-hydrogen) atoms. The quantitative estimate of drug-likeness (QED) is 0.594. The third-order valence-corrected chi connectivity index (χ3v) is 3.20. The summed E-state index contributed by atoms with van der Waals surface area (Å²) >= 11 is 12.3. The van der Waals surface area contributed by atoms with E-state index in [1.165, 1.54) is 0 Å². The Balaban J connectivity index is 2.99. The molecule has 0 heterocycles. The fourth-order valence-electron chi connectivity index (χ4n) is 1.09. The van der Waals surface area contributed by atoms with E-state index in [4.69, 9.17) is 11.6 Å². The summed E-state index contributed by atoms with van der Waals surface area (Å²) in [5.74, 6) is 0.558. The molecule has 0 saturated carbocycles. The van der Waals surface area contributed by atoms with Gasteiger partial charge < -0.3 is 0 Å². The van der Waals surface area contributed by atoms with Gasteiger partial charge in [-0.3, -0.25) is 4.79 Å². The van der Waals surface area contributed by atoms with E-state index in [0.29, 0.717) is 23.2 Å². The van der Waals surface area contributed by atoms with E-state index < -0.39 is 0 Å². The van der Waals surface area contributed by atoms with E-state index in [-0.39, 0.29) is 5.78 Å². The Morgan fingerprint density at radius 1 is 1.43 bits per heavy atom. The van der Waals surface area contributed by atoms with Crippen molar-refractivity contribution in [2.45, 2.75) is 12.3 Å². The number of rotatable bonds is 4. The number of hydrogen-bond donors (Lipinski definition) is 0. The molecule has 0 aliphatic rings. The summed E-state index contributed by atoms with van der Waals surface area (Å²) in [6.45, 7) is 0. The van der Waals surface area contributed by atoms with Gasteiger partial charge in [0.1, 0.15) is 0 Å². The molecule has 0 amide bonds. The maximum atomic E-state index is 11.6. The maximum Gasteiger partial charge on any atom is 0.164 e. The molecule has 0 aliphatic carbocycles. The molecule has 0 atom stereocenters. The van der Waals surface area contributed by atoms with Crippen molar-refractivity contribution in [2.24, 2.45) is 0 Å². The monoisotopic (exact) mass is 338 g/mol. The van der Waals surface area contributed by atoms with Gasteiger partial charge in [-0.15, -0.1) is 11.6 Å². The number of Topliss-reactive ketones (excluding diaryl/α,β-unsaturated/α-hetero) is 1. The summed E-state index contributed by atoms with van der Waals surface area (Å²) < 4.78 is 0.831. The lowest BCUT2D eigenvalue weighted by Crippen LogP contribution is -2.01. The summed E-state index contributed by atoms with van der Waals surface area (Å²) in [6.07, 6.45) is 0.504. The number of carbonyl (C=O) groups excluding carboxylic acids is 1. The van der Waals surface area contributed by atoms with Gasteiger partial charge >= 0.3 is 0 Å². The second kappa shape index (κ2) is 5.89. The molecule has 1 aromatic rings. The Labute approximate surface area is 105 Å². The van der Waals surface area contributed by atoms with Crippen molar-refractivity contribution in [3.63, 3.8) is 0 Å². The molecule has 1 nitrogen and oxygen atoms in total. The van der Waals surface area contributed by atoms with Crippen molar-refractivity contribution in [3.8, 4) is 0 Å². The number of halogens is 3. The zero-order chi connectivity index (χ0) is 10.6. The van der Waals surface area contributed by atoms with Crippen molar-refractivity contribution >= 4 is 49.2 Å². The number of ketones is 1. The van der Waals surface area contributed by atoms with Crippen molar-refractivity contribution in [1.82, 2.24) is 0 Å². The van der Waals surface area contributed by atoms with Gasteiger partial charge in [-0.1, -0.05) is 37.9 Å². The van der Waals surface area contributed by atoms with Crippen LogP contribution in [0.1, 0.15) is 22.3 Å². The van der Waals surface area contributed by atoms with Crippen LogP contribution in [0.3, 0.4) is 0 Å². The van der Waals surface area contributed by atoms with Crippen molar-refractivity contribution in [1.29, 1.82) is 0 Å². The lowest BCUT2D eigenvalue weighted by atomic mass is 10.1. The van der Waals surface area contributed by atoms with Crippen LogP contribution in [0.2, 0.25) is 0 Å². The van der Waals surface area contributed by atoms with Crippen LogP contribution in [-0.4, -0.2) is 11.1 Å². The molecule has 76 valence electrons. The van der Waals surface area contributed by atoms with Gasteiger partial charge in [0.25, 0.3) is 0 Å². The van der Waals surface area contributed by atoms with Crippen LogP contribution >= 0.6 is 43.5 Å². The van der Waals surface area contributed by atoms with Gasteiger partial charge in [0.15, 0.2) is 5.78 Å². The summed E-state index contributed by atoms with van der Waals surface area (Å²) in [4.78, 5) is 11.6. The molecule has 4 heteroatoms. The molecule has 1 aromatic carbocycles. The first-order valence-corrected chi connectivity index (χ1v) is 6.57. The second-order valence-electron chi connectivity index (χ2n) is 2.81. The largest absolute Gasteiger partial charge is 0.294 e. The Morgan fingerprint density at radius 2 is 2.14 bits per heavy atom. The van der Waals surface area contributed by atoms with E-state index in [0.717, 1.165) is 10.0 Å². The number of hydrogen-bond acceptors (Lipinski definition) is 1. The molecule has 0 spiro atoms. The molecule has 0 aliphatic heterocycles. The van der Waals surface area contributed by atoms with Gasteiger partial charge in [0, 0.05) is 27.7 Å². The highest BCUT2D eigenvalue weighted by atomic mass is 79.9. The van der Waals surface area contributed by atoms with Crippen molar-refractivity contribution in [3.05, 3.63) is 33.8 Å². The minimum Gasteiger partial charge on any atom is -0.294 e. The third-order valence-electron chi connectivity index (χ3n) is 1.81. The van der Waals surface area contributed by atoms with Crippen LogP contribution in [0.25, 0.3) is 0 Å². The van der Waals surface area contributed by atoms with Crippen LogP contribution < -0.4 is 0 Å². The van der Waals surface area contributed by atoms with Crippen LogP contribution in [-0.2, 0) is 5.88 Å². The lowest BCUT2D eigenvalue weighted by Gasteiger charge is -2.04. The summed E-state index contributed by atoms with van der Waals surface area (Å²) in [6, 6.07) is 5.60. The molecule has 0 radical (unpaired) electrons. The first kappa shape index (κ1) is 12.2. The van der Waals surface area contributed by atoms with E-state index in [2.05, 4.69) is 31.9 Å². The Bertz CT molecular complexity index is 339. The Hall–Kier alpha value is 0.140. The average molecular weight is 340 g/mol. The van der Waals surface area contributed by atoms with Gasteiger partial charge in [-0.25, -0.2) is 0 Å². The topological polar surface area (TPSA) is 17.1 Å².